The van der Waals surface area contributed by atoms with Gasteiger partial charge in [0, 0.05) is 17.0 Å². The molecule has 0 atom stereocenters. The normalized spacial score (nSPS) is 10.7. The van der Waals surface area contributed by atoms with Crippen molar-refractivity contribution >= 4 is 16.9 Å². The summed E-state index contributed by atoms with van der Waals surface area (Å²) in [6, 6.07) is 2.62. The van der Waals surface area contributed by atoms with Gasteiger partial charge in [0.25, 0.3) is 0 Å². The minimum Gasteiger partial charge on any atom is -0.504 e. The zero-order chi connectivity index (χ0) is 12.6. The van der Waals surface area contributed by atoms with E-state index >= 15 is 0 Å². The summed E-state index contributed by atoms with van der Waals surface area (Å²) in [5, 5.41) is 19.3. The van der Waals surface area contributed by atoms with Gasteiger partial charge in [-0.15, -0.1) is 0 Å². The minimum atomic E-state index is -0.555. The lowest BCUT2D eigenvalue weighted by Gasteiger charge is -1.97. The monoisotopic (exact) mass is 236 g/mol. The molecule has 0 aliphatic heterocycles. The third-order valence-electron chi connectivity index (χ3n) is 2.49. The van der Waals surface area contributed by atoms with Crippen LogP contribution in [0.2, 0.25) is 0 Å². The average Bonchev–Trinajstić information content (AvgIpc) is 2.58. The van der Waals surface area contributed by atoms with Gasteiger partial charge in [-0.1, -0.05) is 0 Å². The molecule has 2 N–H and O–H groups in total. The summed E-state index contributed by atoms with van der Waals surface area (Å²) in [5.74, 6) is -1.01. The van der Waals surface area contributed by atoms with E-state index in [4.69, 9.17) is 9.15 Å². The molecule has 2 aromatic rings. The largest absolute Gasteiger partial charge is 0.504 e. The fourth-order valence-corrected chi connectivity index (χ4v) is 1.64. The molecule has 0 bridgehead atoms. The number of benzene rings is 1. The van der Waals surface area contributed by atoms with Crippen LogP contribution >= 0.6 is 0 Å². The molecule has 17 heavy (non-hydrogen) atoms. The number of ether oxygens (including phenoxy) is 1. The fourth-order valence-electron chi connectivity index (χ4n) is 1.64. The van der Waals surface area contributed by atoms with Crippen molar-refractivity contribution in [2.75, 3.05) is 6.61 Å². The van der Waals surface area contributed by atoms with Crippen LogP contribution < -0.4 is 0 Å². The molecule has 0 amide bonds. The number of carbonyl (C=O) groups excluding carboxylic acids is 1. The van der Waals surface area contributed by atoms with Crippen LogP contribution in [0.25, 0.3) is 11.0 Å². The molecule has 0 aliphatic carbocycles. The number of furan rings is 1. The summed E-state index contributed by atoms with van der Waals surface area (Å²) in [5.41, 5.74) is 0.912. The van der Waals surface area contributed by atoms with E-state index in [2.05, 4.69) is 0 Å². The van der Waals surface area contributed by atoms with E-state index in [1.807, 2.05) is 0 Å². The van der Waals surface area contributed by atoms with Crippen LogP contribution in [0.4, 0.5) is 0 Å². The molecular formula is C12H12O5. The molecule has 0 saturated heterocycles. The van der Waals surface area contributed by atoms with Crippen LogP contribution in [0, 0.1) is 6.92 Å². The third-order valence-corrected chi connectivity index (χ3v) is 2.49. The molecule has 0 fully saturated rings. The first-order chi connectivity index (χ1) is 8.04. The zero-order valence-corrected chi connectivity index (χ0v) is 9.48. The highest BCUT2D eigenvalue weighted by Crippen LogP contribution is 2.34. The van der Waals surface area contributed by atoms with Gasteiger partial charge in [0.15, 0.2) is 11.5 Å². The summed E-state index contributed by atoms with van der Waals surface area (Å²) in [6.07, 6.45) is 0. The van der Waals surface area contributed by atoms with E-state index in [9.17, 15) is 15.0 Å². The maximum atomic E-state index is 11.6. The number of phenols is 2. The minimum absolute atomic E-state index is 0.0897. The summed E-state index contributed by atoms with van der Waals surface area (Å²) >= 11 is 0. The van der Waals surface area contributed by atoms with Crippen LogP contribution in [0.5, 0.6) is 11.5 Å². The van der Waals surface area contributed by atoms with Crippen molar-refractivity contribution in [2.24, 2.45) is 0 Å². The lowest BCUT2D eigenvalue weighted by Crippen LogP contribution is -2.04. The van der Waals surface area contributed by atoms with Crippen molar-refractivity contribution < 1.29 is 24.2 Å². The third kappa shape index (κ3) is 1.80. The maximum absolute atomic E-state index is 11.6. The molecule has 0 unspecified atom stereocenters. The van der Waals surface area contributed by atoms with Crippen LogP contribution in [0.15, 0.2) is 16.5 Å². The van der Waals surface area contributed by atoms with Crippen LogP contribution in [-0.4, -0.2) is 22.8 Å². The highest BCUT2D eigenvalue weighted by Gasteiger charge is 2.19. The smallest absolute Gasteiger partial charge is 0.374 e. The number of carbonyl (C=O) groups is 1. The van der Waals surface area contributed by atoms with Gasteiger partial charge < -0.3 is 19.4 Å². The summed E-state index contributed by atoms with van der Waals surface area (Å²) < 4.78 is 10.1. The van der Waals surface area contributed by atoms with E-state index in [-0.39, 0.29) is 23.9 Å². The van der Waals surface area contributed by atoms with Crippen molar-refractivity contribution in [2.45, 2.75) is 13.8 Å². The van der Waals surface area contributed by atoms with Crippen molar-refractivity contribution in [3.63, 3.8) is 0 Å². The SMILES string of the molecule is CCOC(=O)c1oc2cc(O)c(O)cc2c1C. The maximum Gasteiger partial charge on any atom is 0.374 e. The van der Waals surface area contributed by atoms with Crippen molar-refractivity contribution in [1.82, 2.24) is 0 Å². The lowest BCUT2D eigenvalue weighted by molar-refractivity contribution is 0.0491. The molecule has 2 rings (SSSR count). The van der Waals surface area contributed by atoms with E-state index in [0.29, 0.717) is 16.5 Å². The molecule has 0 spiro atoms. The number of aryl methyl sites for hydroxylation is 1. The Morgan fingerprint density at radius 1 is 1.35 bits per heavy atom. The van der Waals surface area contributed by atoms with Crippen molar-refractivity contribution in [1.29, 1.82) is 0 Å². The van der Waals surface area contributed by atoms with E-state index < -0.39 is 5.97 Å². The topological polar surface area (TPSA) is 79.9 Å². The lowest BCUT2D eigenvalue weighted by atomic mass is 10.1. The van der Waals surface area contributed by atoms with Gasteiger partial charge >= 0.3 is 5.97 Å². The van der Waals surface area contributed by atoms with Gasteiger partial charge in [0.05, 0.1) is 6.61 Å². The van der Waals surface area contributed by atoms with E-state index in [0.717, 1.165) is 0 Å². The Bertz CT molecular complexity index is 582. The molecule has 5 heteroatoms. The molecule has 0 radical (unpaired) electrons. The molecule has 1 aromatic carbocycles. The summed E-state index contributed by atoms with van der Waals surface area (Å²) in [6.45, 7) is 3.65. The molecule has 0 aliphatic rings. The molecule has 90 valence electrons. The van der Waals surface area contributed by atoms with Crippen molar-refractivity contribution in [3.05, 3.63) is 23.5 Å². The first-order valence-electron chi connectivity index (χ1n) is 5.16. The molecule has 0 saturated carbocycles. The second kappa shape index (κ2) is 4.01. The van der Waals surface area contributed by atoms with Crippen LogP contribution in [-0.2, 0) is 4.74 Å². The van der Waals surface area contributed by atoms with Gasteiger partial charge in [-0.2, -0.15) is 0 Å². The first-order valence-corrected chi connectivity index (χ1v) is 5.16. The number of esters is 1. The molecule has 1 heterocycles. The Hall–Kier alpha value is -2.17. The number of phenolic OH excluding ortho intramolecular Hbond substituents is 2. The standard InChI is InChI=1S/C12H12O5/c1-3-16-12(15)11-6(2)7-4-8(13)9(14)5-10(7)17-11/h4-5,13-14H,3H2,1-2H3. The Morgan fingerprint density at radius 2 is 2.00 bits per heavy atom. The predicted octanol–water partition coefficient (Wildman–Crippen LogP) is 2.33. The molecular weight excluding hydrogens is 224 g/mol. The van der Waals surface area contributed by atoms with Gasteiger partial charge in [0.2, 0.25) is 5.76 Å². The van der Waals surface area contributed by atoms with Gasteiger partial charge in [-0.05, 0) is 19.9 Å². The zero-order valence-electron chi connectivity index (χ0n) is 9.48. The first kappa shape index (κ1) is 11.3. The number of aromatic hydroxyl groups is 2. The van der Waals surface area contributed by atoms with E-state index in [1.54, 1.807) is 13.8 Å². The second-order valence-corrected chi connectivity index (χ2v) is 3.61. The van der Waals surface area contributed by atoms with Gasteiger partial charge in [-0.3, -0.25) is 0 Å². The highest BCUT2D eigenvalue weighted by atomic mass is 16.5. The highest BCUT2D eigenvalue weighted by molar-refractivity contribution is 5.96. The Balaban J connectivity index is 2.60. The Labute approximate surface area is 97.2 Å². The van der Waals surface area contributed by atoms with Crippen molar-refractivity contribution in [3.8, 4) is 11.5 Å². The predicted molar refractivity (Wildman–Crippen MR) is 60.2 cm³/mol. The quantitative estimate of drug-likeness (QED) is 0.617. The fraction of sp³-hybridized carbons (Fsp3) is 0.250. The molecule has 1 aromatic heterocycles. The van der Waals surface area contributed by atoms with Gasteiger partial charge in [-0.25, -0.2) is 4.79 Å². The van der Waals surface area contributed by atoms with Crippen LogP contribution in [0.3, 0.4) is 0 Å². The Morgan fingerprint density at radius 3 is 2.65 bits per heavy atom. The number of hydrogen-bond donors (Lipinski definition) is 2. The second-order valence-electron chi connectivity index (χ2n) is 3.61. The average molecular weight is 236 g/mol. The van der Waals surface area contributed by atoms with Gasteiger partial charge in [0.1, 0.15) is 5.58 Å². The number of hydrogen-bond acceptors (Lipinski definition) is 5. The molecule has 5 nitrogen and oxygen atoms in total. The Kier molecular flexibility index (Phi) is 2.67. The number of rotatable bonds is 2. The van der Waals surface area contributed by atoms with Crippen LogP contribution in [0.1, 0.15) is 23.0 Å². The summed E-state index contributed by atoms with van der Waals surface area (Å²) in [7, 11) is 0. The number of fused-ring (bicyclic) bond motifs is 1. The summed E-state index contributed by atoms with van der Waals surface area (Å²) in [4.78, 5) is 11.6. The van der Waals surface area contributed by atoms with E-state index in [1.165, 1.54) is 12.1 Å².